The van der Waals surface area contributed by atoms with Crippen molar-refractivity contribution in [3.8, 4) is 0 Å². The van der Waals surface area contributed by atoms with E-state index in [1.54, 1.807) is 0 Å². The number of benzene rings is 1. The first-order valence-corrected chi connectivity index (χ1v) is 6.33. The Balaban J connectivity index is 2.36. The summed E-state index contributed by atoms with van der Waals surface area (Å²) in [7, 11) is 0. The number of rotatable bonds is 3. The molecule has 2 rings (SSSR count). The molecule has 0 spiro atoms. The maximum absolute atomic E-state index is 11.9. The van der Waals surface area contributed by atoms with Crippen LogP contribution < -0.4 is 10.2 Å². The van der Waals surface area contributed by atoms with Gasteiger partial charge in [0.25, 0.3) is 0 Å². The van der Waals surface area contributed by atoms with Gasteiger partial charge < -0.3 is 15.3 Å². The Bertz CT molecular complexity index is 513. The predicted molar refractivity (Wildman–Crippen MR) is 72.3 cm³/mol. The molecule has 19 heavy (non-hydrogen) atoms. The molecule has 1 aromatic carbocycles. The fourth-order valence-electron chi connectivity index (χ4n) is 2.42. The Kier molecular flexibility index (Phi) is 3.74. The number of nitrogens with zero attached hydrogens (tertiary/aromatic N) is 1. The molecule has 1 unspecified atom stereocenters. The van der Waals surface area contributed by atoms with Crippen LogP contribution in [0.1, 0.15) is 17.5 Å². The zero-order valence-corrected chi connectivity index (χ0v) is 11.1. The molecule has 102 valence electrons. The first-order valence-electron chi connectivity index (χ1n) is 6.33. The molecule has 0 bridgehead atoms. The summed E-state index contributed by atoms with van der Waals surface area (Å²) in [5.74, 6) is -1.17. The van der Waals surface area contributed by atoms with Gasteiger partial charge in [-0.3, -0.25) is 9.59 Å². The summed E-state index contributed by atoms with van der Waals surface area (Å²) in [4.78, 5) is 24.7. The van der Waals surface area contributed by atoms with Crippen LogP contribution in [-0.4, -0.2) is 36.1 Å². The smallest absolute Gasteiger partial charge is 0.305 e. The number of aryl methyl sites for hydroxylation is 1. The number of hydrogen-bond acceptors (Lipinski definition) is 3. The third-order valence-electron chi connectivity index (χ3n) is 3.58. The van der Waals surface area contributed by atoms with Crippen molar-refractivity contribution in [1.82, 2.24) is 5.32 Å². The van der Waals surface area contributed by atoms with Crippen LogP contribution in [0.25, 0.3) is 0 Å². The summed E-state index contributed by atoms with van der Waals surface area (Å²) in [6.07, 6.45) is -0.181. The van der Waals surface area contributed by atoms with Gasteiger partial charge in [-0.05, 0) is 31.0 Å². The minimum atomic E-state index is -0.961. The maximum Gasteiger partial charge on any atom is 0.305 e. The van der Waals surface area contributed by atoms with E-state index < -0.39 is 12.0 Å². The van der Waals surface area contributed by atoms with Gasteiger partial charge in [-0.25, -0.2) is 0 Å². The van der Waals surface area contributed by atoms with Crippen LogP contribution in [0.2, 0.25) is 0 Å². The molecule has 0 radical (unpaired) electrons. The average Bonchev–Trinajstić information content (AvgIpc) is 2.35. The quantitative estimate of drug-likeness (QED) is 0.855. The highest BCUT2D eigenvalue weighted by Crippen LogP contribution is 2.26. The molecule has 1 saturated heterocycles. The zero-order valence-electron chi connectivity index (χ0n) is 11.1. The third kappa shape index (κ3) is 2.70. The number of anilines is 1. The molecule has 1 fully saturated rings. The number of nitrogens with one attached hydrogen (secondary N) is 1. The summed E-state index contributed by atoms with van der Waals surface area (Å²) < 4.78 is 0. The number of amides is 1. The van der Waals surface area contributed by atoms with Gasteiger partial charge in [0, 0.05) is 18.8 Å². The molecule has 0 saturated carbocycles. The lowest BCUT2D eigenvalue weighted by molar-refractivity contribution is -0.139. The Hall–Kier alpha value is -2.04. The summed E-state index contributed by atoms with van der Waals surface area (Å²) >= 11 is 0. The summed E-state index contributed by atoms with van der Waals surface area (Å²) in [6.45, 7) is 5.18. The number of piperazine rings is 1. The molecule has 1 aliphatic heterocycles. The van der Waals surface area contributed by atoms with Crippen LogP contribution in [0.15, 0.2) is 18.2 Å². The molecule has 5 heteroatoms. The van der Waals surface area contributed by atoms with E-state index in [0.29, 0.717) is 13.1 Å². The molecular formula is C14H18N2O3. The second-order valence-corrected chi connectivity index (χ2v) is 4.82. The third-order valence-corrected chi connectivity index (χ3v) is 3.58. The Morgan fingerprint density at radius 1 is 1.47 bits per heavy atom. The summed E-state index contributed by atoms with van der Waals surface area (Å²) in [5, 5.41) is 11.7. The molecule has 1 aliphatic rings. The van der Waals surface area contributed by atoms with Gasteiger partial charge in [0.15, 0.2) is 0 Å². The first kappa shape index (κ1) is 13.4. The predicted octanol–water partition coefficient (Wildman–Crippen LogP) is 1.08. The topological polar surface area (TPSA) is 69.6 Å². The van der Waals surface area contributed by atoms with Gasteiger partial charge >= 0.3 is 5.97 Å². The van der Waals surface area contributed by atoms with Crippen molar-refractivity contribution in [2.45, 2.75) is 26.3 Å². The lowest BCUT2D eigenvalue weighted by Crippen LogP contribution is -2.56. The van der Waals surface area contributed by atoms with E-state index in [1.807, 2.05) is 36.9 Å². The fraction of sp³-hybridized carbons (Fsp3) is 0.429. The highest BCUT2D eigenvalue weighted by atomic mass is 16.4. The number of carbonyl (C=O) groups excluding carboxylic acids is 1. The monoisotopic (exact) mass is 262 g/mol. The van der Waals surface area contributed by atoms with E-state index in [9.17, 15) is 9.59 Å². The lowest BCUT2D eigenvalue weighted by Gasteiger charge is -2.37. The molecule has 2 N–H and O–H groups in total. The average molecular weight is 262 g/mol. The van der Waals surface area contributed by atoms with Crippen LogP contribution >= 0.6 is 0 Å². The summed E-state index contributed by atoms with van der Waals surface area (Å²) in [5.41, 5.74) is 3.17. The molecule has 1 heterocycles. The van der Waals surface area contributed by atoms with Gasteiger partial charge in [0.05, 0.1) is 6.42 Å². The number of carboxylic acids is 1. The number of carbonyl (C=O) groups is 2. The van der Waals surface area contributed by atoms with E-state index in [0.717, 1.165) is 16.8 Å². The van der Waals surface area contributed by atoms with Gasteiger partial charge in [0.2, 0.25) is 5.91 Å². The van der Waals surface area contributed by atoms with Crippen molar-refractivity contribution >= 4 is 17.6 Å². The Morgan fingerprint density at radius 3 is 2.89 bits per heavy atom. The van der Waals surface area contributed by atoms with Crippen molar-refractivity contribution < 1.29 is 14.7 Å². The second kappa shape index (κ2) is 5.30. The largest absolute Gasteiger partial charge is 0.481 e. The van der Waals surface area contributed by atoms with Gasteiger partial charge in [-0.1, -0.05) is 12.1 Å². The Morgan fingerprint density at radius 2 is 2.21 bits per heavy atom. The number of carboxylic acid groups (broad SMARTS) is 1. The van der Waals surface area contributed by atoms with E-state index in [4.69, 9.17) is 5.11 Å². The molecule has 0 aliphatic carbocycles. The van der Waals surface area contributed by atoms with Gasteiger partial charge in [-0.2, -0.15) is 0 Å². The molecular weight excluding hydrogens is 244 g/mol. The SMILES string of the molecule is Cc1cccc(N2CCNC(=O)C2CC(=O)O)c1C. The van der Waals surface area contributed by atoms with Crippen LogP contribution in [0.5, 0.6) is 0 Å². The van der Waals surface area contributed by atoms with Crippen LogP contribution in [0.4, 0.5) is 5.69 Å². The number of aliphatic carboxylic acids is 1. The van der Waals surface area contributed by atoms with Gasteiger partial charge in [-0.15, -0.1) is 0 Å². The van der Waals surface area contributed by atoms with Crippen LogP contribution in [0.3, 0.4) is 0 Å². The van der Waals surface area contributed by atoms with Crippen LogP contribution in [0, 0.1) is 13.8 Å². The second-order valence-electron chi connectivity index (χ2n) is 4.82. The molecule has 1 amide bonds. The van der Waals surface area contributed by atoms with E-state index in [-0.39, 0.29) is 12.3 Å². The highest BCUT2D eigenvalue weighted by molar-refractivity contribution is 5.90. The first-order chi connectivity index (χ1) is 9.00. The van der Waals surface area contributed by atoms with Gasteiger partial charge in [0.1, 0.15) is 6.04 Å². The lowest BCUT2D eigenvalue weighted by atomic mass is 10.0. The zero-order chi connectivity index (χ0) is 14.0. The standard InChI is InChI=1S/C14H18N2O3/c1-9-4-3-5-11(10(9)2)16-7-6-15-14(19)12(16)8-13(17)18/h3-5,12H,6-8H2,1-2H3,(H,15,19)(H,17,18). The molecule has 5 nitrogen and oxygen atoms in total. The van der Waals surface area contributed by atoms with Crippen molar-refractivity contribution in [3.63, 3.8) is 0 Å². The molecule has 1 atom stereocenters. The van der Waals surface area contributed by atoms with E-state index in [1.165, 1.54) is 0 Å². The van der Waals surface area contributed by atoms with Crippen molar-refractivity contribution in [3.05, 3.63) is 29.3 Å². The Labute approximate surface area is 112 Å². The van der Waals surface area contributed by atoms with Crippen molar-refractivity contribution in [2.75, 3.05) is 18.0 Å². The molecule has 1 aromatic rings. The van der Waals surface area contributed by atoms with E-state index >= 15 is 0 Å². The van der Waals surface area contributed by atoms with Crippen molar-refractivity contribution in [2.24, 2.45) is 0 Å². The van der Waals surface area contributed by atoms with Crippen LogP contribution in [-0.2, 0) is 9.59 Å². The highest BCUT2D eigenvalue weighted by Gasteiger charge is 2.32. The minimum Gasteiger partial charge on any atom is -0.481 e. The minimum absolute atomic E-state index is 0.181. The maximum atomic E-state index is 11.9. The normalized spacial score (nSPS) is 19.2. The van der Waals surface area contributed by atoms with E-state index in [2.05, 4.69) is 5.32 Å². The van der Waals surface area contributed by atoms with Crippen molar-refractivity contribution in [1.29, 1.82) is 0 Å². The molecule has 0 aromatic heterocycles. The fourth-order valence-corrected chi connectivity index (χ4v) is 2.42. The summed E-state index contributed by atoms with van der Waals surface area (Å²) in [6, 6.07) is 5.25. The number of hydrogen-bond donors (Lipinski definition) is 2.